The van der Waals surface area contributed by atoms with Crippen LogP contribution < -0.4 is 5.56 Å². The van der Waals surface area contributed by atoms with Crippen LogP contribution >= 0.6 is 11.8 Å². The molecule has 1 atom stereocenters. The molecule has 2 aromatic heterocycles. The van der Waals surface area contributed by atoms with Gasteiger partial charge < -0.3 is 5.11 Å². The molecule has 0 aliphatic carbocycles. The highest BCUT2D eigenvalue weighted by molar-refractivity contribution is 7.98. The minimum absolute atomic E-state index is 0.0690. The van der Waals surface area contributed by atoms with Crippen molar-refractivity contribution >= 4 is 22.8 Å². The van der Waals surface area contributed by atoms with E-state index in [9.17, 15) is 9.90 Å². The maximum atomic E-state index is 12.2. The molecule has 0 spiro atoms. The van der Waals surface area contributed by atoms with E-state index in [4.69, 9.17) is 0 Å². The lowest BCUT2D eigenvalue weighted by Crippen LogP contribution is -2.27. The molecule has 2 heterocycles. The summed E-state index contributed by atoms with van der Waals surface area (Å²) in [5.74, 6) is 0.887. The molecule has 0 amide bonds. The van der Waals surface area contributed by atoms with E-state index in [1.54, 1.807) is 29.7 Å². The molecule has 0 bridgehead atoms. The molecular formula is C11H16N4O2S. The van der Waals surface area contributed by atoms with E-state index in [1.165, 1.54) is 10.9 Å². The number of hydrogen-bond donors (Lipinski definition) is 1. The van der Waals surface area contributed by atoms with Crippen molar-refractivity contribution in [2.45, 2.75) is 12.5 Å². The van der Waals surface area contributed by atoms with Crippen LogP contribution in [0.4, 0.5) is 0 Å². The Bertz CT molecular complexity index is 592. The Morgan fingerprint density at radius 1 is 1.56 bits per heavy atom. The number of aryl methyl sites for hydroxylation is 1. The summed E-state index contributed by atoms with van der Waals surface area (Å²) in [5.41, 5.74) is 0.740. The summed E-state index contributed by atoms with van der Waals surface area (Å²) in [7, 11) is 1.75. The Hall–Kier alpha value is -1.34. The number of hydrogen-bond acceptors (Lipinski definition) is 5. The molecule has 0 radical (unpaired) electrons. The van der Waals surface area contributed by atoms with Crippen LogP contribution in [0.15, 0.2) is 17.3 Å². The van der Waals surface area contributed by atoms with Crippen LogP contribution in [0.5, 0.6) is 0 Å². The minimum Gasteiger partial charge on any atom is -0.394 e. The number of fused-ring (bicyclic) bond motifs is 1. The van der Waals surface area contributed by atoms with E-state index < -0.39 is 0 Å². The van der Waals surface area contributed by atoms with Gasteiger partial charge in [-0.2, -0.15) is 16.9 Å². The van der Waals surface area contributed by atoms with Crippen molar-refractivity contribution in [2.24, 2.45) is 7.05 Å². The van der Waals surface area contributed by atoms with Crippen LogP contribution in [0.1, 0.15) is 12.5 Å². The highest BCUT2D eigenvalue weighted by Crippen LogP contribution is 2.12. The molecule has 2 rings (SSSR count). The first-order chi connectivity index (χ1) is 8.67. The van der Waals surface area contributed by atoms with Gasteiger partial charge >= 0.3 is 0 Å². The van der Waals surface area contributed by atoms with Gasteiger partial charge in [0.15, 0.2) is 5.52 Å². The fraction of sp³-hybridized carbons (Fsp3) is 0.545. The summed E-state index contributed by atoms with van der Waals surface area (Å²) < 4.78 is 3.05. The summed E-state index contributed by atoms with van der Waals surface area (Å²) >= 11 is 1.69. The molecule has 0 saturated carbocycles. The van der Waals surface area contributed by atoms with Crippen molar-refractivity contribution in [2.75, 3.05) is 18.6 Å². The van der Waals surface area contributed by atoms with Gasteiger partial charge in [0, 0.05) is 7.05 Å². The molecule has 2 aromatic rings. The molecule has 0 aliphatic heterocycles. The summed E-state index contributed by atoms with van der Waals surface area (Å²) in [6.45, 7) is -0.0690. The Kier molecular flexibility index (Phi) is 4.03. The van der Waals surface area contributed by atoms with Gasteiger partial charge in [-0.3, -0.25) is 14.0 Å². The molecule has 0 fully saturated rings. The van der Waals surface area contributed by atoms with Crippen molar-refractivity contribution < 1.29 is 5.11 Å². The molecular weight excluding hydrogens is 252 g/mol. The van der Waals surface area contributed by atoms with E-state index in [0.29, 0.717) is 11.0 Å². The highest BCUT2D eigenvalue weighted by atomic mass is 32.2. The average Bonchev–Trinajstić information content (AvgIpc) is 2.74. The normalized spacial score (nSPS) is 13.1. The van der Waals surface area contributed by atoms with Gasteiger partial charge in [0.25, 0.3) is 5.56 Å². The molecule has 1 N–H and O–H groups in total. The zero-order chi connectivity index (χ0) is 13.1. The lowest BCUT2D eigenvalue weighted by Gasteiger charge is -2.15. The number of thioether (sulfide) groups is 1. The van der Waals surface area contributed by atoms with Gasteiger partial charge in [0.1, 0.15) is 5.52 Å². The number of aliphatic hydroxyl groups is 1. The topological polar surface area (TPSA) is 72.9 Å². The van der Waals surface area contributed by atoms with Crippen LogP contribution in [0, 0.1) is 0 Å². The predicted octanol–water partition coefficient (Wildman–Crippen LogP) is 0.416. The zero-order valence-electron chi connectivity index (χ0n) is 10.4. The van der Waals surface area contributed by atoms with Crippen LogP contribution in [0.2, 0.25) is 0 Å². The molecule has 6 nitrogen and oxygen atoms in total. The third kappa shape index (κ3) is 2.41. The van der Waals surface area contributed by atoms with Gasteiger partial charge in [-0.15, -0.1) is 0 Å². The van der Waals surface area contributed by atoms with E-state index in [2.05, 4.69) is 10.1 Å². The molecule has 7 heteroatoms. The predicted molar refractivity (Wildman–Crippen MR) is 71.9 cm³/mol. The molecule has 0 unspecified atom stereocenters. The van der Waals surface area contributed by atoms with Crippen LogP contribution in [-0.4, -0.2) is 43.1 Å². The second-order valence-electron chi connectivity index (χ2n) is 4.11. The average molecular weight is 268 g/mol. The molecule has 98 valence electrons. The fourth-order valence-electron chi connectivity index (χ4n) is 1.85. The maximum Gasteiger partial charge on any atom is 0.282 e. The maximum absolute atomic E-state index is 12.2. The first kappa shape index (κ1) is 13.1. The van der Waals surface area contributed by atoms with Crippen LogP contribution in [0.25, 0.3) is 11.0 Å². The van der Waals surface area contributed by atoms with E-state index in [0.717, 1.165) is 12.2 Å². The van der Waals surface area contributed by atoms with E-state index in [1.807, 2.05) is 6.26 Å². The number of aromatic nitrogens is 4. The number of rotatable bonds is 5. The Morgan fingerprint density at radius 3 is 3.00 bits per heavy atom. The standard InChI is InChI=1S/C11H16N4O2S/c1-14-5-9-10(13-14)11(17)15(7-12-9)8(6-16)3-4-18-2/h5,7-8,16H,3-4,6H2,1-2H3/t8-/m0/s1. The fourth-order valence-corrected chi connectivity index (χ4v) is 2.36. The third-order valence-electron chi connectivity index (χ3n) is 2.83. The lowest BCUT2D eigenvalue weighted by atomic mass is 10.2. The van der Waals surface area contributed by atoms with Crippen molar-refractivity contribution in [3.8, 4) is 0 Å². The zero-order valence-corrected chi connectivity index (χ0v) is 11.2. The van der Waals surface area contributed by atoms with Gasteiger partial charge in [-0.05, 0) is 18.4 Å². The Morgan fingerprint density at radius 2 is 2.33 bits per heavy atom. The van der Waals surface area contributed by atoms with Gasteiger partial charge in [-0.25, -0.2) is 4.98 Å². The monoisotopic (exact) mass is 268 g/mol. The largest absolute Gasteiger partial charge is 0.394 e. The molecule has 18 heavy (non-hydrogen) atoms. The summed E-state index contributed by atoms with van der Waals surface area (Å²) in [5, 5.41) is 13.5. The van der Waals surface area contributed by atoms with Gasteiger partial charge in [-0.1, -0.05) is 0 Å². The minimum atomic E-state index is -0.233. The first-order valence-corrected chi connectivity index (χ1v) is 7.07. The van der Waals surface area contributed by atoms with Crippen LogP contribution in [0.3, 0.4) is 0 Å². The third-order valence-corrected chi connectivity index (χ3v) is 3.47. The molecule has 0 aliphatic rings. The van der Waals surface area contributed by atoms with Crippen molar-refractivity contribution in [1.29, 1.82) is 0 Å². The smallest absolute Gasteiger partial charge is 0.282 e. The summed E-state index contributed by atoms with van der Waals surface area (Å²) in [6.07, 6.45) is 5.93. The van der Waals surface area contributed by atoms with E-state index >= 15 is 0 Å². The van der Waals surface area contributed by atoms with Crippen molar-refractivity contribution in [3.05, 3.63) is 22.9 Å². The van der Waals surface area contributed by atoms with Crippen LogP contribution in [-0.2, 0) is 7.05 Å². The quantitative estimate of drug-likeness (QED) is 0.850. The lowest BCUT2D eigenvalue weighted by molar-refractivity contribution is 0.222. The van der Waals surface area contributed by atoms with Gasteiger partial charge in [0.2, 0.25) is 0 Å². The SMILES string of the molecule is CSCC[C@@H](CO)n1cnc2cn(C)nc2c1=O. The van der Waals surface area contributed by atoms with Gasteiger partial charge in [0.05, 0.1) is 25.2 Å². The number of nitrogens with zero attached hydrogens (tertiary/aromatic N) is 4. The van der Waals surface area contributed by atoms with Crippen molar-refractivity contribution in [1.82, 2.24) is 19.3 Å². The molecule has 0 aromatic carbocycles. The van der Waals surface area contributed by atoms with Crippen molar-refractivity contribution in [3.63, 3.8) is 0 Å². The highest BCUT2D eigenvalue weighted by Gasteiger charge is 2.15. The number of aliphatic hydroxyl groups excluding tert-OH is 1. The first-order valence-electron chi connectivity index (χ1n) is 5.67. The Labute approximate surface area is 109 Å². The molecule has 0 saturated heterocycles. The second-order valence-corrected chi connectivity index (χ2v) is 5.10. The Balaban J connectivity index is 2.43. The summed E-state index contributed by atoms with van der Waals surface area (Å²) in [4.78, 5) is 16.4. The second kappa shape index (κ2) is 5.53. The summed E-state index contributed by atoms with van der Waals surface area (Å²) in [6, 6.07) is -0.233. The van der Waals surface area contributed by atoms with E-state index in [-0.39, 0.29) is 18.2 Å².